The number of benzene rings is 1. The zero-order valence-electron chi connectivity index (χ0n) is 10.9. The van der Waals surface area contributed by atoms with E-state index in [1.165, 1.54) is 6.92 Å². The summed E-state index contributed by atoms with van der Waals surface area (Å²) in [7, 11) is 1.16. The predicted molar refractivity (Wildman–Crippen MR) is 73.9 cm³/mol. The van der Waals surface area contributed by atoms with Crippen molar-refractivity contribution in [2.24, 2.45) is 0 Å². The molecule has 0 spiro atoms. The number of esters is 1. The van der Waals surface area contributed by atoms with Gasteiger partial charge in [0.2, 0.25) is 0 Å². The molecule has 1 aromatic rings. The molecular formula is C12H14BrNO6. The molecule has 0 aliphatic rings. The van der Waals surface area contributed by atoms with Crippen LogP contribution in [0.4, 0.5) is 5.69 Å². The Kier molecular flexibility index (Phi) is 5.61. The van der Waals surface area contributed by atoms with E-state index in [2.05, 4.69) is 20.7 Å². The molecule has 0 radical (unpaired) electrons. The number of hydrogen-bond acceptors (Lipinski definition) is 6. The van der Waals surface area contributed by atoms with Gasteiger partial charge in [0.1, 0.15) is 6.10 Å². The molecule has 0 aromatic heterocycles. The number of nitro benzene ring substituents is 1. The molecule has 20 heavy (non-hydrogen) atoms. The van der Waals surface area contributed by atoms with Gasteiger partial charge in [-0.1, -0.05) is 15.9 Å². The lowest BCUT2D eigenvalue weighted by Crippen LogP contribution is -2.21. The van der Waals surface area contributed by atoms with Crippen molar-refractivity contribution in [2.45, 2.75) is 19.1 Å². The van der Waals surface area contributed by atoms with E-state index in [9.17, 15) is 25.1 Å². The second kappa shape index (κ2) is 6.78. The molecule has 0 heterocycles. The average Bonchev–Trinajstić information content (AvgIpc) is 2.44. The van der Waals surface area contributed by atoms with Crippen LogP contribution in [0, 0.1) is 17.0 Å². The van der Waals surface area contributed by atoms with Crippen molar-refractivity contribution in [1.82, 2.24) is 0 Å². The lowest BCUT2D eigenvalue weighted by molar-refractivity contribution is -0.385. The first-order chi connectivity index (χ1) is 9.33. The first-order valence-electron chi connectivity index (χ1n) is 5.62. The molecular weight excluding hydrogens is 334 g/mol. The highest BCUT2D eigenvalue weighted by Gasteiger charge is 2.26. The number of hydrogen-bond donors (Lipinski definition) is 2. The van der Waals surface area contributed by atoms with Crippen molar-refractivity contribution in [2.75, 3.05) is 12.4 Å². The first-order valence-corrected chi connectivity index (χ1v) is 6.75. The van der Waals surface area contributed by atoms with Crippen molar-refractivity contribution in [3.8, 4) is 0 Å². The van der Waals surface area contributed by atoms with Gasteiger partial charge in [-0.3, -0.25) is 10.1 Å². The van der Waals surface area contributed by atoms with Gasteiger partial charge in [0.05, 0.1) is 23.7 Å². The van der Waals surface area contributed by atoms with Gasteiger partial charge in [-0.25, -0.2) is 4.79 Å². The van der Waals surface area contributed by atoms with E-state index in [1.807, 2.05) is 0 Å². The lowest BCUT2D eigenvalue weighted by Gasteiger charge is -2.19. The average molecular weight is 348 g/mol. The Morgan fingerprint density at radius 2 is 2.10 bits per heavy atom. The molecule has 7 nitrogen and oxygen atoms in total. The highest BCUT2D eigenvalue weighted by atomic mass is 79.9. The van der Waals surface area contributed by atoms with E-state index in [0.717, 1.165) is 19.2 Å². The highest BCUT2D eigenvalue weighted by Crippen LogP contribution is 2.29. The SMILES string of the molecule is COC(=O)c1cc([N+](=O)[O-])cc(C(O)C(O)CBr)c1C. The Balaban J connectivity index is 3.46. The van der Waals surface area contributed by atoms with Gasteiger partial charge in [-0.2, -0.15) is 0 Å². The van der Waals surface area contributed by atoms with Crippen LogP contribution >= 0.6 is 15.9 Å². The zero-order chi connectivity index (χ0) is 15.4. The Morgan fingerprint density at radius 3 is 2.55 bits per heavy atom. The van der Waals surface area contributed by atoms with E-state index >= 15 is 0 Å². The standard InChI is InChI=1S/C12H14BrNO6/c1-6-8(11(16)10(15)5-13)3-7(14(18)19)4-9(6)12(17)20-2/h3-4,10-11,15-16H,5H2,1-2H3. The third-order valence-corrected chi connectivity index (χ3v) is 3.55. The van der Waals surface area contributed by atoms with Crippen molar-refractivity contribution < 1.29 is 24.7 Å². The number of non-ortho nitro benzene ring substituents is 1. The fraction of sp³-hybridized carbons (Fsp3) is 0.417. The molecule has 2 N–H and O–H groups in total. The number of ether oxygens (including phenoxy) is 1. The Hall–Kier alpha value is -1.51. The summed E-state index contributed by atoms with van der Waals surface area (Å²) in [4.78, 5) is 21.8. The summed E-state index contributed by atoms with van der Waals surface area (Å²) in [6.07, 6.45) is -2.50. The van der Waals surface area contributed by atoms with Gasteiger partial charge in [0.25, 0.3) is 5.69 Å². The fourth-order valence-electron chi connectivity index (χ4n) is 1.75. The van der Waals surface area contributed by atoms with Crippen molar-refractivity contribution in [1.29, 1.82) is 0 Å². The summed E-state index contributed by atoms with van der Waals surface area (Å²) in [5.74, 6) is -0.743. The van der Waals surface area contributed by atoms with Crippen LogP contribution in [0.1, 0.15) is 27.6 Å². The van der Waals surface area contributed by atoms with Gasteiger partial charge < -0.3 is 14.9 Å². The maximum Gasteiger partial charge on any atom is 0.338 e. The van der Waals surface area contributed by atoms with Crippen LogP contribution in [0.3, 0.4) is 0 Å². The molecule has 0 saturated heterocycles. The first kappa shape index (κ1) is 16.5. The number of alkyl halides is 1. The van der Waals surface area contributed by atoms with Crippen LogP contribution < -0.4 is 0 Å². The van der Waals surface area contributed by atoms with Gasteiger partial charge in [0, 0.05) is 17.5 Å². The number of nitrogens with zero attached hydrogens (tertiary/aromatic N) is 1. The molecule has 110 valence electrons. The molecule has 2 unspecified atom stereocenters. The highest BCUT2D eigenvalue weighted by molar-refractivity contribution is 9.09. The quantitative estimate of drug-likeness (QED) is 0.361. The summed E-state index contributed by atoms with van der Waals surface area (Å²) < 4.78 is 4.56. The second-order valence-corrected chi connectivity index (χ2v) is 4.77. The number of aliphatic hydroxyl groups is 2. The number of nitro groups is 1. The van der Waals surface area contributed by atoms with Crippen LogP contribution in [0.2, 0.25) is 0 Å². The van der Waals surface area contributed by atoms with Crippen LogP contribution in [0.5, 0.6) is 0 Å². The minimum atomic E-state index is -1.35. The van der Waals surface area contributed by atoms with Gasteiger partial charge >= 0.3 is 5.97 Å². The number of carbonyl (C=O) groups excluding carboxylic acids is 1. The largest absolute Gasteiger partial charge is 0.465 e. The maximum atomic E-state index is 11.6. The fourth-order valence-corrected chi connectivity index (χ4v) is 2.10. The Labute approximate surface area is 123 Å². The number of carbonyl (C=O) groups is 1. The maximum absolute atomic E-state index is 11.6. The number of methoxy groups -OCH3 is 1. The van der Waals surface area contributed by atoms with E-state index in [0.29, 0.717) is 5.56 Å². The number of aliphatic hydroxyl groups excluding tert-OH is 2. The van der Waals surface area contributed by atoms with Gasteiger partial charge in [-0.05, 0) is 18.1 Å². The zero-order valence-corrected chi connectivity index (χ0v) is 12.5. The van der Waals surface area contributed by atoms with Crippen molar-refractivity contribution >= 4 is 27.6 Å². The topological polar surface area (TPSA) is 110 Å². The number of rotatable bonds is 5. The predicted octanol–water partition coefficient (Wildman–Crippen LogP) is 1.48. The molecule has 2 atom stereocenters. The molecule has 0 fully saturated rings. The summed E-state index contributed by atoms with van der Waals surface area (Å²) in [5, 5.41) is 30.6. The minimum absolute atomic E-state index is 0.0162. The molecule has 0 bridgehead atoms. The number of halogens is 1. The summed E-state index contributed by atoms with van der Waals surface area (Å²) >= 11 is 3.01. The van der Waals surface area contributed by atoms with Gasteiger partial charge in [0.15, 0.2) is 0 Å². The minimum Gasteiger partial charge on any atom is -0.465 e. The Bertz CT molecular complexity index is 533. The Morgan fingerprint density at radius 1 is 1.50 bits per heavy atom. The third kappa shape index (κ3) is 3.33. The molecule has 1 aromatic carbocycles. The van der Waals surface area contributed by atoms with Gasteiger partial charge in [-0.15, -0.1) is 0 Å². The summed E-state index contributed by atoms with van der Waals surface area (Å²) in [6, 6.07) is 2.22. The molecule has 0 aliphatic carbocycles. The molecule has 0 saturated carbocycles. The van der Waals surface area contributed by atoms with Crippen molar-refractivity contribution in [3.05, 3.63) is 38.9 Å². The summed E-state index contributed by atoms with van der Waals surface area (Å²) in [5.41, 5.74) is 0.0749. The molecule has 0 aliphatic heterocycles. The van der Waals surface area contributed by atoms with Crippen LogP contribution in [-0.2, 0) is 4.74 Å². The van der Waals surface area contributed by atoms with E-state index in [1.54, 1.807) is 0 Å². The monoisotopic (exact) mass is 347 g/mol. The van der Waals surface area contributed by atoms with Crippen LogP contribution in [0.25, 0.3) is 0 Å². The van der Waals surface area contributed by atoms with E-state index in [4.69, 9.17) is 0 Å². The molecule has 1 rings (SSSR count). The van der Waals surface area contributed by atoms with E-state index in [-0.39, 0.29) is 22.1 Å². The van der Waals surface area contributed by atoms with E-state index < -0.39 is 23.1 Å². The normalized spacial score (nSPS) is 13.7. The third-order valence-electron chi connectivity index (χ3n) is 2.89. The smallest absolute Gasteiger partial charge is 0.338 e. The molecule has 8 heteroatoms. The van der Waals surface area contributed by atoms with Crippen LogP contribution in [0.15, 0.2) is 12.1 Å². The summed E-state index contributed by atoms with van der Waals surface area (Å²) in [6.45, 7) is 1.52. The second-order valence-electron chi connectivity index (χ2n) is 4.12. The molecule has 0 amide bonds. The van der Waals surface area contributed by atoms with Crippen molar-refractivity contribution in [3.63, 3.8) is 0 Å². The lowest BCUT2D eigenvalue weighted by atomic mass is 9.95. The van der Waals surface area contributed by atoms with Crippen LogP contribution in [-0.4, -0.2) is 39.6 Å².